The highest BCUT2D eigenvalue weighted by Crippen LogP contribution is 2.28. The van der Waals surface area contributed by atoms with Crippen LogP contribution in [0.3, 0.4) is 0 Å². The topological polar surface area (TPSA) is 56.6 Å². The van der Waals surface area contributed by atoms with Crippen LogP contribution in [0, 0.1) is 0 Å². The molecule has 1 aliphatic rings. The molecule has 2 unspecified atom stereocenters. The zero-order valence-corrected chi connectivity index (χ0v) is 16.9. The Labute approximate surface area is 165 Å². The molecular weight excluding hydrogens is 366 g/mol. The van der Waals surface area contributed by atoms with Gasteiger partial charge in [0, 0.05) is 18.3 Å². The summed E-state index contributed by atoms with van der Waals surface area (Å²) in [5, 5.41) is 4.90. The van der Waals surface area contributed by atoms with Crippen molar-refractivity contribution in [2.75, 3.05) is 13.2 Å². The van der Waals surface area contributed by atoms with Crippen LogP contribution >= 0.6 is 11.6 Å². The van der Waals surface area contributed by atoms with E-state index in [4.69, 9.17) is 21.1 Å². The van der Waals surface area contributed by atoms with Crippen molar-refractivity contribution in [3.63, 3.8) is 0 Å². The fraction of sp³-hybridized carbons (Fsp3) is 0.500. The van der Waals surface area contributed by atoms with Crippen molar-refractivity contribution in [2.45, 2.75) is 44.9 Å². The van der Waals surface area contributed by atoms with E-state index in [1.54, 1.807) is 15.8 Å². The number of halogens is 1. The van der Waals surface area contributed by atoms with E-state index in [0.29, 0.717) is 24.6 Å². The van der Waals surface area contributed by atoms with Crippen LogP contribution in [0.5, 0.6) is 0 Å². The lowest BCUT2D eigenvalue weighted by Gasteiger charge is -2.40. The van der Waals surface area contributed by atoms with Crippen LogP contribution < -0.4 is 0 Å². The Morgan fingerprint density at radius 1 is 1.30 bits per heavy atom. The van der Waals surface area contributed by atoms with Gasteiger partial charge in [-0.05, 0) is 51.0 Å². The summed E-state index contributed by atoms with van der Waals surface area (Å²) in [6.45, 7) is 6.47. The largest absolute Gasteiger partial charge is 0.444 e. The van der Waals surface area contributed by atoms with Gasteiger partial charge in [0.25, 0.3) is 0 Å². The minimum atomic E-state index is -0.553. The van der Waals surface area contributed by atoms with E-state index in [1.807, 2.05) is 58.2 Å². The molecule has 0 bridgehead atoms. The van der Waals surface area contributed by atoms with E-state index in [1.165, 1.54) is 0 Å². The molecule has 1 aliphatic heterocycles. The monoisotopic (exact) mass is 391 g/mol. The van der Waals surface area contributed by atoms with Crippen molar-refractivity contribution in [3.8, 4) is 0 Å². The third kappa shape index (κ3) is 5.02. The van der Waals surface area contributed by atoms with Crippen molar-refractivity contribution in [1.29, 1.82) is 0 Å². The first-order valence-electron chi connectivity index (χ1n) is 9.06. The van der Waals surface area contributed by atoms with E-state index in [-0.39, 0.29) is 18.2 Å². The average molecular weight is 392 g/mol. The number of carbonyl (C=O) groups is 1. The zero-order chi connectivity index (χ0) is 19.6. The molecule has 3 rings (SSSR count). The first kappa shape index (κ1) is 19.7. The molecule has 1 saturated heterocycles. The summed E-state index contributed by atoms with van der Waals surface area (Å²) < 4.78 is 13.5. The molecule has 0 radical (unpaired) electrons. The molecule has 0 spiro atoms. The molecule has 146 valence electrons. The van der Waals surface area contributed by atoms with Gasteiger partial charge in [0.2, 0.25) is 0 Å². The molecule has 2 atom stereocenters. The predicted molar refractivity (Wildman–Crippen MR) is 104 cm³/mol. The maximum Gasteiger partial charge on any atom is 0.410 e. The van der Waals surface area contributed by atoms with Gasteiger partial charge in [-0.25, -0.2) is 4.79 Å². The second kappa shape index (κ2) is 7.90. The van der Waals surface area contributed by atoms with Gasteiger partial charge in [0.05, 0.1) is 24.9 Å². The molecule has 6 nitrogen and oxygen atoms in total. The number of aryl methyl sites for hydroxylation is 1. The van der Waals surface area contributed by atoms with Crippen LogP contribution in [-0.2, 0) is 22.9 Å². The number of morpholine rings is 1. The van der Waals surface area contributed by atoms with Crippen molar-refractivity contribution in [2.24, 2.45) is 7.05 Å². The Bertz CT molecular complexity index is 783. The van der Waals surface area contributed by atoms with Crippen LogP contribution in [0.1, 0.15) is 38.1 Å². The van der Waals surface area contributed by atoms with E-state index in [0.717, 1.165) is 11.3 Å². The molecule has 7 heteroatoms. The van der Waals surface area contributed by atoms with Crippen LogP contribution in [0.2, 0.25) is 5.02 Å². The zero-order valence-electron chi connectivity index (χ0n) is 16.2. The number of hydrogen-bond acceptors (Lipinski definition) is 4. The minimum Gasteiger partial charge on any atom is -0.444 e. The molecule has 2 heterocycles. The lowest BCUT2D eigenvalue weighted by molar-refractivity contribution is -0.0734. The van der Waals surface area contributed by atoms with Crippen LogP contribution in [0.4, 0.5) is 4.79 Å². The van der Waals surface area contributed by atoms with Crippen LogP contribution in [0.25, 0.3) is 0 Å². The van der Waals surface area contributed by atoms with E-state index >= 15 is 0 Å². The standard InChI is InChI=1S/C20H26ClN3O3/c1-20(2,3)27-19(25)24-12-18(17-9-10-22-23(17)4)26-13-16(24)11-14-5-7-15(21)8-6-14/h5-10,16,18H,11-13H2,1-4H3. The molecule has 0 saturated carbocycles. The molecule has 0 aliphatic carbocycles. The molecule has 1 fully saturated rings. The predicted octanol–water partition coefficient (Wildman–Crippen LogP) is 3.99. The van der Waals surface area contributed by atoms with Crippen molar-refractivity contribution in [1.82, 2.24) is 14.7 Å². The fourth-order valence-corrected chi connectivity index (χ4v) is 3.31. The van der Waals surface area contributed by atoms with Gasteiger partial charge in [-0.1, -0.05) is 23.7 Å². The second-order valence-corrected chi connectivity index (χ2v) is 8.26. The number of hydrogen-bond donors (Lipinski definition) is 0. The highest BCUT2D eigenvalue weighted by molar-refractivity contribution is 6.30. The lowest BCUT2D eigenvalue weighted by Crippen LogP contribution is -2.52. The summed E-state index contributed by atoms with van der Waals surface area (Å²) in [5.74, 6) is 0. The number of amides is 1. The third-order valence-corrected chi connectivity index (χ3v) is 4.75. The number of nitrogens with zero attached hydrogens (tertiary/aromatic N) is 3. The van der Waals surface area contributed by atoms with E-state index < -0.39 is 5.60 Å². The van der Waals surface area contributed by atoms with Crippen molar-refractivity contribution >= 4 is 17.7 Å². The van der Waals surface area contributed by atoms with Gasteiger partial charge in [0.15, 0.2) is 0 Å². The Balaban J connectivity index is 1.79. The highest BCUT2D eigenvalue weighted by Gasteiger charge is 2.36. The van der Waals surface area contributed by atoms with Gasteiger partial charge in [-0.15, -0.1) is 0 Å². The fourth-order valence-electron chi connectivity index (χ4n) is 3.18. The summed E-state index contributed by atoms with van der Waals surface area (Å²) in [4.78, 5) is 14.7. The van der Waals surface area contributed by atoms with Gasteiger partial charge in [-0.3, -0.25) is 9.58 Å². The summed E-state index contributed by atoms with van der Waals surface area (Å²) in [5.41, 5.74) is 1.48. The second-order valence-electron chi connectivity index (χ2n) is 7.82. The normalized spacial score (nSPS) is 20.6. The molecule has 1 aromatic heterocycles. The number of rotatable bonds is 3. The maximum atomic E-state index is 12.9. The van der Waals surface area contributed by atoms with Gasteiger partial charge in [0.1, 0.15) is 11.7 Å². The van der Waals surface area contributed by atoms with E-state index in [9.17, 15) is 4.79 Å². The molecule has 1 aromatic carbocycles. The average Bonchev–Trinajstić information content (AvgIpc) is 3.02. The Hall–Kier alpha value is -2.05. The molecule has 2 aromatic rings. The lowest BCUT2D eigenvalue weighted by atomic mass is 10.0. The highest BCUT2D eigenvalue weighted by atomic mass is 35.5. The minimum absolute atomic E-state index is 0.106. The van der Waals surface area contributed by atoms with Crippen LogP contribution in [-0.4, -0.2) is 45.6 Å². The SMILES string of the molecule is Cn1nccc1C1CN(C(=O)OC(C)(C)C)C(Cc2ccc(Cl)cc2)CO1. The van der Waals surface area contributed by atoms with Gasteiger partial charge < -0.3 is 9.47 Å². The summed E-state index contributed by atoms with van der Waals surface area (Å²) >= 11 is 5.98. The number of carbonyl (C=O) groups excluding carboxylic acids is 1. The molecule has 27 heavy (non-hydrogen) atoms. The quantitative estimate of drug-likeness (QED) is 0.793. The van der Waals surface area contributed by atoms with Crippen LogP contribution in [0.15, 0.2) is 36.5 Å². The number of ether oxygens (including phenoxy) is 2. The smallest absolute Gasteiger partial charge is 0.410 e. The third-order valence-electron chi connectivity index (χ3n) is 4.49. The molecule has 0 N–H and O–H groups in total. The first-order chi connectivity index (χ1) is 12.7. The molecular formula is C20H26ClN3O3. The number of aromatic nitrogens is 2. The summed E-state index contributed by atoms with van der Waals surface area (Å²) in [7, 11) is 1.87. The first-order valence-corrected chi connectivity index (χ1v) is 9.44. The van der Waals surface area contributed by atoms with E-state index in [2.05, 4.69) is 5.10 Å². The summed E-state index contributed by atoms with van der Waals surface area (Å²) in [6.07, 6.45) is 1.86. The van der Waals surface area contributed by atoms with Gasteiger partial charge in [-0.2, -0.15) is 5.10 Å². The molecule has 1 amide bonds. The Morgan fingerprint density at radius 3 is 2.59 bits per heavy atom. The Morgan fingerprint density at radius 2 is 2.00 bits per heavy atom. The maximum absolute atomic E-state index is 12.9. The van der Waals surface area contributed by atoms with Crippen molar-refractivity contribution < 1.29 is 14.3 Å². The Kier molecular flexibility index (Phi) is 5.77. The summed E-state index contributed by atoms with van der Waals surface area (Å²) in [6, 6.07) is 9.47. The number of benzene rings is 1. The van der Waals surface area contributed by atoms with Gasteiger partial charge >= 0.3 is 6.09 Å². The van der Waals surface area contributed by atoms with Crippen molar-refractivity contribution in [3.05, 3.63) is 52.8 Å².